The first-order valence-corrected chi connectivity index (χ1v) is 11.0. The second-order valence-corrected chi connectivity index (χ2v) is 8.32. The van der Waals surface area contributed by atoms with E-state index in [-0.39, 0.29) is 28.7 Å². The van der Waals surface area contributed by atoms with Crippen molar-refractivity contribution in [2.75, 3.05) is 11.9 Å². The number of aromatic nitrogens is 7. The van der Waals surface area contributed by atoms with Gasteiger partial charge in [-0.25, -0.2) is 24.1 Å². The maximum atomic E-state index is 13.0. The molecule has 0 aliphatic rings. The second-order valence-electron chi connectivity index (χ2n) is 7.88. The number of benzene rings is 1. The van der Waals surface area contributed by atoms with Crippen molar-refractivity contribution in [2.45, 2.75) is 31.5 Å². The summed E-state index contributed by atoms with van der Waals surface area (Å²) in [4.78, 5) is 20.9. The molecule has 0 aliphatic heterocycles. The van der Waals surface area contributed by atoms with E-state index in [0.717, 1.165) is 9.36 Å². The Morgan fingerprint density at radius 3 is 2.39 bits per heavy atom. The molecule has 4 rings (SSSR count). The van der Waals surface area contributed by atoms with Gasteiger partial charge in [0.1, 0.15) is 25.1 Å². The van der Waals surface area contributed by atoms with E-state index in [9.17, 15) is 36.2 Å². The first kappa shape index (κ1) is 27.1. The van der Waals surface area contributed by atoms with Crippen molar-refractivity contribution in [1.29, 1.82) is 0 Å². The molecule has 0 aliphatic carbocycles. The smallest absolute Gasteiger partial charge is 0.382 e. The van der Waals surface area contributed by atoms with Gasteiger partial charge >= 0.3 is 18.0 Å². The van der Waals surface area contributed by atoms with Crippen molar-refractivity contribution in [3.63, 3.8) is 0 Å². The van der Waals surface area contributed by atoms with Crippen LogP contribution in [0.15, 0.2) is 53.7 Å². The van der Waals surface area contributed by atoms with E-state index in [0.29, 0.717) is 9.59 Å². The average Bonchev–Trinajstić information content (AvgIpc) is 3.43. The van der Waals surface area contributed by atoms with Crippen LogP contribution in [0.25, 0.3) is 17.1 Å². The highest BCUT2D eigenvalue weighted by Crippen LogP contribution is 2.24. The molecule has 0 radical (unpaired) electrons. The molecule has 0 saturated carbocycles. The molecule has 1 atom stereocenters. The monoisotopic (exact) mass is 562 g/mol. The largest absolute Gasteiger partial charge is 0.416 e. The number of aliphatic hydroxyl groups is 1. The van der Waals surface area contributed by atoms with E-state index >= 15 is 0 Å². The van der Waals surface area contributed by atoms with Gasteiger partial charge in [0, 0.05) is 16.8 Å². The molecule has 0 amide bonds. The Morgan fingerprint density at radius 1 is 1.03 bits per heavy atom. The fourth-order valence-electron chi connectivity index (χ4n) is 3.32. The van der Waals surface area contributed by atoms with Crippen LogP contribution in [0.5, 0.6) is 0 Å². The molecule has 3 heterocycles. The Kier molecular flexibility index (Phi) is 7.46. The molecule has 38 heavy (non-hydrogen) atoms. The van der Waals surface area contributed by atoms with Crippen LogP contribution in [-0.4, -0.2) is 64.2 Å². The van der Waals surface area contributed by atoms with Gasteiger partial charge in [-0.1, -0.05) is 11.6 Å². The highest BCUT2D eigenvalue weighted by molar-refractivity contribution is 6.30. The number of nitrogens with zero attached hydrogens (tertiary/aromatic N) is 7. The van der Waals surface area contributed by atoms with Gasteiger partial charge in [-0.2, -0.15) is 26.3 Å². The zero-order chi connectivity index (χ0) is 27.7. The SMILES string of the molecule is O=c1n(Cc2ncn(-c3cccnc3NCC(F)(F)F)n2)nc(-c2ccc(Cl)cc2)n1CC(O)C(F)(F)F. The van der Waals surface area contributed by atoms with E-state index in [4.69, 9.17) is 11.6 Å². The van der Waals surface area contributed by atoms with Crippen LogP contribution >= 0.6 is 11.6 Å². The summed E-state index contributed by atoms with van der Waals surface area (Å²) >= 11 is 5.87. The summed E-state index contributed by atoms with van der Waals surface area (Å²) in [6.45, 7) is -2.86. The van der Waals surface area contributed by atoms with E-state index in [1.807, 2.05) is 0 Å². The third-order valence-electron chi connectivity index (χ3n) is 5.08. The number of alkyl halides is 6. The molecule has 1 unspecified atom stereocenters. The van der Waals surface area contributed by atoms with Gasteiger partial charge in [0.2, 0.25) is 0 Å². The minimum atomic E-state index is -4.99. The van der Waals surface area contributed by atoms with Crippen LogP contribution in [0.2, 0.25) is 5.02 Å². The lowest BCUT2D eigenvalue weighted by Crippen LogP contribution is -2.37. The van der Waals surface area contributed by atoms with Gasteiger partial charge in [0.15, 0.2) is 23.6 Å². The van der Waals surface area contributed by atoms with Gasteiger partial charge in [-0.3, -0.25) is 4.57 Å². The summed E-state index contributed by atoms with van der Waals surface area (Å²) in [7, 11) is 0. The van der Waals surface area contributed by atoms with Crippen molar-refractivity contribution in [2.24, 2.45) is 0 Å². The fourth-order valence-corrected chi connectivity index (χ4v) is 3.45. The predicted molar refractivity (Wildman–Crippen MR) is 122 cm³/mol. The molecular weight excluding hydrogens is 546 g/mol. The van der Waals surface area contributed by atoms with Crippen molar-refractivity contribution in [1.82, 2.24) is 34.1 Å². The number of anilines is 1. The number of hydrogen-bond acceptors (Lipinski definition) is 7. The molecule has 202 valence electrons. The van der Waals surface area contributed by atoms with Crippen molar-refractivity contribution in [3.8, 4) is 17.1 Å². The Morgan fingerprint density at radius 2 is 1.74 bits per heavy atom. The quantitative estimate of drug-likeness (QED) is 0.317. The number of nitrogens with one attached hydrogen (secondary N) is 1. The van der Waals surface area contributed by atoms with Crippen LogP contribution in [-0.2, 0) is 13.1 Å². The number of hydrogen-bond donors (Lipinski definition) is 2. The van der Waals surface area contributed by atoms with Crippen LogP contribution in [0, 0.1) is 0 Å². The maximum Gasteiger partial charge on any atom is 0.416 e. The third kappa shape index (κ3) is 6.31. The van der Waals surface area contributed by atoms with Crippen LogP contribution < -0.4 is 11.0 Å². The lowest BCUT2D eigenvalue weighted by molar-refractivity contribution is -0.207. The highest BCUT2D eigenvalue weighted by Gasteiger charge is 2.39. The van der Waals surface area contributed by atoms with Crippen LogP contribution in [0.1, 0.15) is 5.82 Å². The van der Waals surface area contributed by atoms with Gasteiger partial charge in [-0.15, -0.1) is 10.2 Å². The summed E-state index contributed by atoms with van der Waals surface area (Å²) in [5.74, 6) is -0.324. The molecule has 0 fully saturated rings. The van der Waals surface area contributed by atoms with Crippen molar-refractivity contribution in [3.05, 3.63) is 70.3 Å². The second kappa shape index (κ2) is 10.4. The van der Waals surface area contributed by atoms with Gasteiger partial charge in [0.25, 0.3) is 0 Å². The van der Waals surface area contributed by atoms with Crippen molar-refractivity contribution >= 4 is 17.4 Å². The molecule has 1 aromatic carbocycles. The first-order valence-electron chi connectivity index (χ1n) is 10.7. The van der Waals surface area contributed by atoms with Crippen molar-refractivity contribution < 1.29 is 31.4 Å². The predicted octanol–water partition coefficient (Wildman–Crippen LogP) is 3.29. The van der Waals surface area contributed by atoms with Gasteiger partial charge in [0.05, 0.1) is 6.54 Å². The Bertz CT molecular complexity index is 1460. The third-order valence-corrected chi connectivity index (χ3v) is 5.33. The van der Waals surface area contributed by atoms with E-state index in [1.54, 1.807) is 0 Å². The summed E-state index contributed by atoms with van der Waals surface area (Å²) in [5, 5.41) is 20.3. The van der Waals surface area contributed by atoms with E-state index in [2.05, 4.69) is 25.5 Å². The minimum Gasteiger partial charge on any atom is -0.382 e. The number of rotatable bonds is 8. The molecule has 4 aromatic rings. The summed E-state index contributed by atoms with van der Waals surface area (Å²) < 4.78 is 79.5. The average molecular weight is 563 g/mol. The van der Waals surface area contributed by atoms with Crippen LogP contribution in [0.3, 0.4) is 0 Å². The molecular formula is C21H17ClF6N8O2. The molecule has 3 aromatic heterocycles. The first-order chi connectivity index (χ1) is 17.8. The maximum absolute atomic E-state index is 13.0. The minimum absolute atomic E-state index is 0.0265. The van der Waals surface area contributed by atoms with Gasteiger partial charge in [-0.05, 0) is 36.4 Å². The highest BCUT2D eigenvalue weighted by atomic mass is 35.5. The van der Waals surface area contributed by atoms with E-state index < -0.39 is 43.8 Å². The topological polar surface area (TPSA) is 116 Å². The molecule has 0 spiro atoms. The summed E-state index contributed by atoms with van der Waals surface area (Å²) in [6, 6.07) is 8.68. The van der Waals surface area contributed by atoms with Crippen LogP contribution in [0.4, 0.5) is 32.2 Å². The number of halogens is 7. The fraction of sp³-hybridized carbons (Fsp3) is 0.286. The molecule has 10 nitrogen and oxygen atoms in total. The zero-order valence-electron chi connectivity index (χ0n) is 18.9. The molecule has 0 bridgehead atoms. The molecule has 0 saturated heterocycles. The molecule has 2 N–H and O–H groups in total. The Hall–Kier alpha value is -3.92. The Balaban J connectivity index is 1.65. The normalized spacial score (nSPS) is 13.1. The lowest BCUT2D eigenvalue weighted by Gasteiger charge is -2.15. The molecule has 17 heteroatoms. The van der Waals surface area contributed by atoms with E-state index in [1.165, 1.54) is 48.9 Å². The summed E-state index contributed by atoms with van der Waals surface area (Å²) in [6.07, 6.45) is -9.88. The zero-order valence-corrected chi connectivity index (χ0v) is 19.7. The van der Waals surface area contributed by atoms with Gasteiger partial charge < -0.3 is 10.4 Å². The standard InChI is InChI=1S/C21H17ClF6N8O2/c22-13-5-3-12(4-6-13)18-33-35(19(38)34(18)8-15(37)21(26,27)28)9-16-31-11-36(32-16)14-2-1-7-29-17(14)30-10-20(23,24)25/h1-7,11,15,37H,8-10H2,(H,29,30). The summed E-state index contributed by atoms with van der Waals surface area (Å²) in [5.41, 5.74) is -0.596. The number of pyridine rings is 1. The lowest BCUT2D eigenvalue weighted by atomic mass is 10.2. The Labute approximate surface area is 214 Å². The number of aliphatic hydroxyl groups excluding tert-OH is 1.